The number of carbonyl (C=O) groups is 1. The van der Waals surface area contributed by atoms with E-state index >= 15 is 0 Å². The molecule has 0 aromatic carbocycles. The van der Waals surface area contributed by atoms with E-state index in [1.54, 1.807) is 4.90 Å². The molecule has 1 amide bonds. The Morgan fingerprint density at radius 3 is 2.58 bits per heavy atom. The van der Waals surface area contributed by atoms with Crippen molar-refractivity contribution in [2.45, 2.75) is 31.7 Å². The Kier molecular flexibility index (Phi) is 4.47. The summed E-state index contributed by atoms with van der Waals surface area (Å²) in [6, 6.07) is -0.541. The number of rotatable bonds is 3. The van der Waals surface area contributed by atoms with Crippen LogP contribution in [0.3, 0.4) is 0 Å². The van der Waals surface area contributed by atoms with Crippen LogP contribution < -0.4 is 0 Å². The minimum atomic E-state index is -3.33. The molecule has 2 aliphatic heterocycles. The van der Waals surface area contributed by atoms with Crippen molar-refractivity contribution in [3.63, 3.8) is 0 Å². The number of likely N-dealkylation sites (tertiary alicyclic amines) is 1. The third kappa shape index (κ3) is 3.27. The van der Waals surface area contributed by atoms with Gasteiger partial charge in [-0.2, -0.15) is 4.31 Å². The summed E-state index contributed by atoms with van der Waals surface area (Å²) in [6.45, 7) is 1.69. The first-order chi connectivity index (χ1) is 8.93. The summed E-state index contributed by atoms with van der Waals surface area (Å²) in [5.41, 5.74) is 0. The summed E-state index contributed by atoms with van der Waals surface area (Å²) in [6.07, 6.45) is 4.27. The molecular formula is C12H22N2O4S. The summed E-state index contributed by atoms with van der Waals surface area (Å²) < 4.78 is 24.8. The van der Waals surface area contributed by atoms with E-state index in [0.717, 1.165) is 19.3 Å². The average Bonchev–Trinajstić information content (AvgIpc) is 2.85. The minimum Gasteiger partial charge on any atom is -0.396 e. The summed E-state index contributed by atoms with van der Waals surface area (Å²) in [7, 11) is -3.33. The van der Waals surface area contributed by atoms with Gasteiger partial charge in [-0.1, -0.05) is 6.42 Å². The fraction of sp³-hybridized carbons (Fsp3) is 0.917. The number of sulfonamides is 1. The van der Waals surface area contributed by atoms with E-state index in [4.69, 9.17) is 5.11 Å². The van der Waals surface area contributed by atoms with Gasteiger partial charge in [0.05, 0.1) is 6.26 Å². The van der Waals surface area contributed by atoms with E-state index in [9.17, 15) is 13.2 Å². The molecule has 0 saturated carbocycles. The summed E-state index contributed by atoms with van der Waals surface area (Å²) in [5.74, 6) is 0.0419. The van der Waals surface area contributed by atoms with Crippen LogP contribution >= 0.6 is 0 Å². The zero-order valence-corrected chi connectivity index (χ0v) is 12.1. The van der Waals surface area contributed by atoms with Crippen molar-refractivity contribution in [3.8, 4) is 0 Å². The van der Waals surface area contributed by atoms with Crippen LogP contribution in [-0.2, 0) is 14.8 Å². The van der Waals surface area contributed by atoms with Crippen molar-refractivity contribution in [1.82, 2.24) is 9.21 Å². The van der Waals surface area contributed by atoms with Gasteiger partial charge in [0.15, 0.2) is 0 Å². The van der Waals surface area contributed by atoms with Crippen molar-refractivity contribution >= 4 is 15.9 Å². The van der Waals surface area contributed by atoms with E-state index in [2.05, 4.69) is 0 Å². The normalized spacial score (nSPS) is 29.7. The number of piperidine rings is 1. The van der Waals surface area contributed by atoms with Crippen LogP contribution in [0.2, 0.25) is 0 Å². The lowest BCUT2D eigenvalue weighted by Gasteiger charge is -2.35. The summed E-state index contributed by atoms with van der Waals surface area (Å²) in [4.78, 5) is 14.2. The van der Waals surface area contributed by atoms with E-state index in [1.165, 1.54) is 10.6 Å². The SMILES string of the molecule is CS(=O)(=O)N1CCCCC1C(=O)N1CCC(CO)C1. The highest BCUT2D eigenvalue weighted by Crippen LogP contribution is 2.24. The van der Waals surface area contributed by atoms with Crippen molar-refractivity contribution in [3.05, 3.63) is 0 Å². The fourth-order valence-electron chi connectivity index (χ4n) is 2.94. The number of nitrogens with zero attached hydrogens (tertiary/aromatic N) is 2. The number of aliphatic hydroxyl groups is 1. The van der Waals surface area contributed by atoms with E-state index < -0.39 is 16.1 Å². The molecule has 2 heterocycles. The van der Waals surface area contributed by atoms with Crippen LogP contribution in [0.25, 0.3) is 0 Å². The Morgan fingerprint density at radius 1 is 1.26 bits per heavy atom. The number of carbonyl (C=O) groups excluding carboxylic acids is 1. The van der Waals surface area contributed by atoms with Crippen LogP contribution in [0.5, 0.6) is 0 Å². The maximum atomic E-state index is 12.5. The molecule has 2 atom stereocenters. The Bertz CT molecular complexity index is 437. The molecule has 6 nitrogen and oxygen atoms in total. The van der Waals surface area contributed by atoms with Gasteiger partial charge < -0.3 is 10.0 Å². The molecule has 2 aliphatic rings. The first kappa shape index (κ1) is 14.7. The maximum absolute atomic E-state index is 12.5. The van der Waals surface area contributed by atoms with Gasteiger partial charge >= 0.3 is 0 Å². The Balaban J connectivity index is 2.08. The molecule has 0 radical (unpaired) electrons. The number of amides is 1. The van der Waals surface area contributed by atoms with E-state index in [1.807, 2.05) is 0 Å². The molecule has 2 rings (SSSR count). The number of hydrogen-bond acceptors (Lipinski definition) is 4. The topological polar surface area (TPSA) is 77.9 Å². The third-order valence-corrected chi connectivity index (χ3v) is 5.31. The number of aliphatic hydroxyl groups excluding tert-OH is 1. The lowest BCUT2D eigenvalue weighted by Crippen LogP contribution is -2.52. The Hall–Kier alpha value is -0.660. The molecule has 2 unspecified atom stereocenters. The van der Waals surface area contributed by atoms with Crippen LogP contribution in [0.1, 0.15) is 25.7 Å². The highest BCUT2D eigenvalue weighted by Gasteiger charge is 2.38. The lowest BCUT2D eigenvalue weighted by atomic mass is 10.0. The first-order valence-corrected chi connectivity index (χ1v) is 8.64. The number of hydrogen-bond donors (Lipinski definition) is 1. The van der Waals surface area contributed by atoms with Crippen LogP contribution in [0.15, 0.2) is 0 Å². The molecule has 1 N–H and O–H groups in total. The smallest absolute Gasteiger partial charge is 0.241 e. The van der Waals surface area contributed by atoms with Gasteiger partial charge in [0, 0.05) is 32.2 Å². The standard InChI is InChI=1S/C12H22N2O4S/c1-19(17,18)14-6-3-2-4-11(14)12(16)13-7-5-10(8-13)9-15/h10-11,15H,2-9H2,1H3. The zero-order chi connectivity index (χ0) is 14.0. The largest absolute Gasteiger partial charge is 0.396 e. The minimum absolute atomic E-state index is 0.0875. The van der Waals surface area contributed by atoms with Crippen LogP contribution in [0.4, 0.5) is 0 Å². The maximum Gasteiger partial charge on any atom is 0.241 e. The second-order valence-electron chi connectivity index (χ2n) is 5.51. The Labute approximate surface area is 114 Å². The van der Waals surface area contributed by atoms with Gasteiger partial charge in [-0.25, -0.2) is 8.42 Å². The average molecular weight is 290 g/mol. The molecule has 110 valence electrons. The molecule has 7 heteroatoms. The van der Waals surface area contributed by atoms with Gasteiger partial charge in [-0.3, -0.25) is 4.79 Å². The van der Waals surface area contributed by atoms with Crippen LogP contribution in [0, 0.1) is 5.92 Å². The molecule has 0 aromatic heterocycles. The predicted octanol–water partition coefficient (Wildman–Crippen LogP) is -0.359. The molecule has 0 bridgehead atoms. The quantitative estimate of drug-likeness (QED) is 0.770. The van der Waals surface area contributed by atoms with E-state index in [0.29, 0.717) is 26.1 Å². The molecule has 2 fully saturated rings. The van der Waals surface area contributed by atoms with E-state index in [-0.39, 0.29) is 18.4 Å². The van der Waals surface area contributed by atoms with Gasteiger partial charge in [0.2, 0.25) is 15.9 Å². The predicted molar refractivity (Wildman–Crippen MR) is 71.0 cm³/mol. The van der Waals surface area contributed by atoms with Crippen molar-refractivity contribution in [2.75, 3.05) is 32.5 Å². The van der Waals surface area contributed by atoms with Gasteiger partial charge in [-0.05, 0) is 19.3 Å². The molecule has 2 saturated heterocycles. The highest BCUT2D eigenvalue weighted by molar-refractivity contribution is 7.88. The lowest BCUT2D eigenvalue weighted by molar-refractivity contribution is -0.135. The molecule has 0 aromatic rings. The second-order valence-corrected chi connectivity index (χ2v) is 7.44. The monoisotopic (exact) mass is 290 g/mol. The Morgan fingerprint density at radius 2 is 2.00 bits per heavy atom. The first-order valence-electron chi connectivity index (χ1n) is 6.80. The summed E-state index contributed by atoms with van der Waals surface area (Å²) in [5, 5.41) is 9.11. The van der Waals surface area contributed by atoms with Crippen molar-refractivity contribution < 1.29 is 18.3 Å². The summed E-state index contributed by atoms with van der Waals surface area (Å²) >= 11 is 0. The third-order valence-electron chi connectivity index (χ3n) is 4.02. The van der Waals surface area contributed by atoms with Gasteiger partial charge in [0.1, 0.15) is 6.04 Å². The molecular weight excluding hydrogens is 268 g/mol. The zero-order valence-electron chi connectivity index (χ0n) is 11.3. The van der Waals surface area contributed by atoms with Gasteiger partial charge in [0.25, 0.3) is 0 Å². The van der Waals surface area contributed by atoms with Crippen LogP contribution in [-0.4, -0.2) is 67.2 Å². The molecule has 0 aliphatic carbocycles. The molecule has 0 spiro atoms. The fourth-order valence-corrected chi connectivity index (χ4v) is 4.06. The van der Waals surface area contributed by atoms with Crippen molar-refractivity contribution in [1.29, 1.82) is 0 Å². The highest BCUT2D eigenvalue weighted by atomic mass is 32.2. The van der Waals surface area contributed by atoms with Crippen molar-refractivity contribution in [2.24, 2.45) is 5.92 Å². The molecule has 19 heavy (non-hydrogen) atoms. The second kappa shape index (κ2) is 5.76. The van der Waals surface area contributed by atoms with Gasteiger partial charge in [-0.15, -0.1) is 0 Å².